The molecular weight excluding hydrogens is 272 g/mol. The number of ether oxygens (including phenoxy) is 1. The molecule has 0 spiro atoms. The number of β-amino-alcohol motifs (C(OH)–C–C–N with tert-alkyl or cyclic N) is 1. The van der Waals surface area contributed by atoms with Crippen molar-refractivity contribution in [3.05, 3.63) is 22.4 Å². The van der Waals surface area contributed by atoms with Crippen molar-refractivity contribution in [2.75, 3.05) is 45.9 Å². The summed E-state index contributed by atoms with van der Waals surface area (Å²) in [5.74, 6) is 0. The third-order valence-electron chi connectivity index (χ3n) is 4.31. The number of likely N-dealkylation sites (tertiary alicyclic amines) is 1. The minimum atomic E-state index is -0.257. The van der Waals surface area contributed by atoms with Crippen LogP contribution in [0.4, 0.5) is 0 Å². The largest absolute Gasteiger partial charge is 0.390 e. The van der Waals surface area contributed by atoms with E-state index >= 15 is 0 Å². The minimum Gasteiger partial charge on any atom is -0.390 e. The summed E-state index contributed by atoms with van der Waals surface area (Å²) in [6.45, 7) is 6.17. The van der Waals surface area contributed by atoms with Crippen molar-refractivity contribution in [1.82, 2.24) is 9.80 Å². The van der Waals surface area contributed by atoms with Gasteiger partial charge in [-0.3, -0.25) is 9.80 Å². The van der Waals surface area contributed by atoms with Crippen LogP contribution < -0.4 is 0 Å². The van der Waals surface area contributed by atoms with Gasteiger partial charge in [-0.1, -0.05) is 0 Å². The quantitative estimate of drug-likeness (QED) is 0.895. The SMILES string of the molecule is O[C@H](CN1CCOCC1)CN1CCC[C@@H]1c1ccsc1. The lowest BCUT2D eigenvalue weighted by atomic mass is 10.1. The molecule has 5 heteroatoms. The molecule has 2 saturated heterocycles. The number of aliphatic hydroxyl groups is 1. The Kier molecular flexibility index (Phi) is 5.07. The van der Waals surface area contributed by atoms with E-state index < -0.39 is 0 Å². The Bertz CT molecular complexity index is 393. The first-order chi connectivity index (χ1) is 9.83. The van der Waals surface area contributed by atoms with Gasteiger partial charge in [0.15, 0.2) is 0 Å². The Morgan fingerprint density at radius 1 is 1.30 bits per heavy atom. The third-order valence-corrected chi connectivity index (χ3v) is 5.01. The van der Waals surface area contributed by atoms with Gasteiger partial charge in [0, 0.05) is 32.2 Å². The molecule has 0 saturated carbocycles. The van der Waals surface area contributed by atoms with E-state index in [-0.39, 0.29) is 6.10 Å². The number of morpholine rings is 1. The summed E-state index contributed by atoms with van der Waals surface area (Å²) in [5.41, 5.74) is 1.42. The average molecular weight is 296 g/mol. The summed E-state index contributed by atoms with van der Waals surface area (Å²) in [5, 5.41) is 14.8. The van der Waals surface area contributed by atoms with Gasteiger partial charge in [-0.25, -0.2) is 0 Å². The predicted molar refractivity (Wildman–Crippen MR) is 81.1 cm³/mol. The smallest absolute Gasteiger partial charge is 0.0794 e. The molecule has 1 aromatic rings. The molecule has 0 aliphatic carbocycles. The molecule has 20 heavy (non-hydrogen) atoms. The second-order valence-corrected chi connectivity index (χ2v) is 6.56. The van der Waals surface area contributed by atoms with Crippen molar-refractivity contribution >= 4 is 11.3 Å². The maximum atomic E-state index is 10.4. The van der Waals surface area contributed by atoms with Gasteiger partial charge >= 0.3 is 0 Å². The first-order valence-electron chi connectivity index (χ1n) is 7.57. The zero-order valence-corrected chi connectivity index (χ0v) is 12.7. The van der Waals surface area contributed by atoms with E-state index in [1.54, 1.807) is 11.3 Å². The van der Waals surface area contributed by atoms with Crippen LogP contribution in [0.1, 0.15) is 24.4 Å². The molecule has 2 aliphatic rings. The average Bonchev–Trinajstić information content (AvgIpc) is 3.10. The molecule has 1 aromatic heterocycles. The van der Waals surface area contributed by atoms with Crippen molar-refractivity contribution < 1.29 is 9.84 Å². The van der Waals surface area contributed by atoms with E-state index in [2.05, 4.69) is 26.6 Å². The highest BCUT2D eigenvalue weighted by atomic mass is 32.1. The monoisotopic (exact) mass is 296 g/mol. The highest BCUT2D eigenvalue weighted by Crippen LogP contribution is 2.32. The second kappa shape index (κ2) is 7.00. The van der Waals surface area contributed by atoms with Crippen LogP contribution in [-0.2, 0) is 4.74 Å². The lowest BCUT2D eigenvalue weighted by molar-refractivity contribution is 0.00586. The van der Waals surface area contributed by atoms with Gasteiger partial charge in [0.05, 0.1) is 19.3 Å². The highest BCUT2D eigenvalue weighted by Gasteiger charge is 2.28. The van der Waals surface area contributed by atoms with Crippen LogP contribution in [0.2, 0.25) is 0 Å². The summed E-state index contributed by atoms with van der Waals surface area (Å²) < 4.78 is 5.35. The molecule has 2 atom stereocenters. The fourth-order valence-electron chi connectivity index (χ4n) is 3.30. The van der Waals surface area contributed by atoms with Crippen molar-refractivity contribution in [1.29, 1.82) is 0 Å². The van der Waals surface area contributed by atoms with E-state index in [0.29, 0.717) is 6.04 Å². The summed E-state index contributed by atoms with van der Waals surface area (Å²) in [4.78, 5) is 4.76. The summed E-state index contributed by atoms with van der Waals surface area (Å²) in [6.07, 6.45) is 2.21. The van der Waals surface area contributed by atoms with Gasteiger partial charge in [-0.15, -0.1) is 0 Å². The van der Waals surface area contributed by atoms with E-state index in [1.165, 1.54) is 18.4 Å². The molecule has 1 N–H and O–H groups in total. The van der Waals surface area contributed by atoms with Crippen LogP contribution in [0.15, 0.2) is 16.8 Å². The molecule has 0 radical (unpaired) electrons. The number of thiophene rings is 1. The molecule has 3 rings (SSSR count). The molecule has 0 aromatic carbocycles. The second-order valence-electron chi connectivity index (χ2n) is 5.78. The molecule has 112 valence electrons. The number of aliphatic hydroxyl groups excluding tert-OH is 1. The van der Waals surface area contributed by atoms with E-state index in [0.717, 1.165) is 45.9 Å². The lowest BCUT2D eigenvalue weighted by Gasteiger charge is -2.31. The van der Waals surface area contributed by atoms with Gasteiger partial charge < -0.3 is 9.84 Å². The third kappa shape index (κ3) is 3.59. The Morgan fingerprint density at radius 3 is 2.90 bits per heavy atom. The maximum Gasteiger partial charge on any atom is 0.0794 e. The Hall–Kier alpha value is -0.460. The van der Waals surface area contributed by atoms with Gasteiger partial charge in [0.25, 0.3) is 0 Å². The minimum absolute atomic E-state index is 0.257. The molecule has 2 aliphatic heterocycles. The molecule has 0 unspecified atom stereocenters. The summed E-state index contributed by atoms with van der Waals surface area (Å²) >= 11 is 1.76. The fourth-order valence-corrected chi connectivity index (χ4v) is 4.00. The molecule has 3 heterocycles. The summed E-state index contributed by atoms with van der Waals surface area (Å²) in [7, 11) is 0. The fraction of sp³-hybridized carbons (Fsp3) is 0.733. The normalized spacial score (nSPS) is 26.9. The molecule has 2 fully saturated rings. The van der Waals surface area contributed by atoms with Crippen molar-refractivity contribution in [3.8, 4) is 0 Å². The van der Waals surface area contributed by atoms with Crippen molar-refractivity contribution in [3.63, 3.8) is 0 Å². The van der Waals surface area contributed by atoms with Gasteiger partial charge in [-0.2, -0.15) is 11.3 Å². The Morgan fingerprint density at radius 2 is 2.15 bits per heavy atom. The van der Waals surface area contributed by atoms with Gasteiger partial charge in [-0.05, 0) is 41.8 Å². The number of hydrogen-bond donors (Lipinski definition) is 1. The first-order valence-corrected chi connectivity index (χ1v) is 8.51. The van der Waals surface area contributed by atoms with Crippen molar-refractivity contribution in [2.45, 2.75) is 25.0 Å². The van der Waals surface area contributed by atoms with Crippen LogP contribution >= 0.6 is 11.3 Å². The summed E-state index contributed by atoms with van der Waals surface area (Å²) in [6, 6.07) is 2.74. The van der Waals surface area contributed by atoms with Crippen molar-refractivity contribution in [2.24, 2.45) is 0 Å². The zero-order chi connectivity index (χ0) is 13.8. The number of rotatable bonds is 5. The van der Waals surface area contributed by atoms with Crippen LogP contribution in [0, 0.1) is 0 Å². The predicted octanol–water partition coefficient (Wildman–Crippen LogP) is 1.58. The number of nitrogens with zero attached hydrogens (tertiary/aromatic N) is 2. The van der Waals surface area contributed by atoms with Crippen LogP contribution in [0.5, 0.6) is 0 Å². The molecule has 0 amide bonds. The zero-order valence-electron chi connectivity index (χ0n) is 11.9. The van der Waals surface area contributed by atoms with Gasteiger partial charge in [0.1, 0.15) is 0 Å². The van der Waals surface area contributed by atoms with Gasteiger partial charge in [0.2, 0.25) is 0 Å². The van der Waals surface area contributed by atoms with E-state index in [1.807, 2.05) is 0 Å². The van der Waals surface area contributed by atoms with E-state index in [9.17, 15) is 5.11 Å². The van der Waals surface area contributed by atoms with Crippen LogP contribution in [0.25, 0.3) is 0 Å². The topological polar surface area (TPSA) is 35.9 Å². The highest BCUT2D eigenvalue weighted by molar-refractivity contribution is 7.07. The van der Waals surface area contributed by atoms with E-state index in [4.69, 9.17) is 4.74 Å². The van der Waals surface area contributed by atoms with Crippen LogP contribution in [-0.4, -0.2) is 66.9 Å². The number of hydrogen-bond acceptors (Lipinski definition) is 5. The van der Waals surface area contributed by atoms with Crippen LogP contribution in [0.3, 0.4) is 0 Å². The first kappa shape index (κ1) is 14.5. The Labute approximate surface area is 125 Å². The molecule has 0 bridgehead atoms. The maximum absolute atomic E-state index is 10.4. The molecule has 4 nitrogen and oxygen atoms in total. The molecular formula is C15H24N2O2S. The lowest BCUT2D eigenvalue weighted by Crippen LogP contribution is -2.44. The Balaban J connectivity index is 1.51. The standard InChI is InChI=1S/C15H24N2O2S/c18-14(10-16-5-7-19-8-6-16)11-17-4-1-2-15(17)13-3-9-20-12-13/h3,9,12,14-15,18H,1-2,4-8,10-11H2/t14-,15-/m1/s1.